The van der Waals surface area contributed by atoms with Crippen LogP contribution in [0.4, 0.5) is 0 Å². The molecule has 1 heteroatoms. The Morgan fingerprint density at radius 1 is 1.31 bits per heavy atom. The molecule has 1 nitrogen and oxygen atoms in total. The maximum atomic E-state index is 2.52. The molecule has 0 aromatic carbocycles. The highest BCUT2D eigenvalue weighted by Crippen LogP contribution is 2.24. The van der Waals surface area contributed by atoms with Crippen LogP contribution in [-0.4, -0.2) is 4.57 Å². The third-order valence-corrected chi connectivity index (χ3v) is 3.06. The Kier molecular flexibility index (Phi) is 2.43. The van der Waals surface area contributed by atoms with E-state index in [-0.39, 0.29) is 0 Å². The van der Waals surface area contributed by atoms with Crippen LogP contribution in [0.1, 0.15) is 43.1 Å². The van der Waals surface area contributed by atoms with Crippen LogP contribution in [0.15, 0.2) is 6.07 Å². The number of nitrogens with zero attached hydrogens (tertiary/aromatic N) is 1. The van der Waals surface area contributed by atoms with Crippen molar-refractivity contribution in [2.24, 2.45) is 0 Å². The zero-order valence-corrected chi connectivity index (χ0v) is 8.77. The lowest BCUT2D eigenvalue weighted by molar-refractivity contribution is 0.588. The van der Waals surface area contributed by atoms with Crippen molar-refractivity contribution in [2.45, 2.75) is 52.5 Å². The van der Waals surface area contributed by atoms with E-state index in [0.717, 1.165) is 0 Å². The highest BCUT2D eigenvalue weighted by molar-refractivity contribution is 5.29. The lowest BCUT2D eigenvalue weighted by atomic mass is 9.98. The third kappa shape index (κ3) is 1.52. The molecule has 0 N–H and O–H groups in total. The SMILES string of the molecule is CCCn1c(C)cc2c1CCCC2. The summed E-state index contributed by atoms with van der Waals surface area (Å²) >= 11 is 0. The average molecular weight is 177 g/mol. The Hall–Kier alpha value is -0.720. The summed E-state index contributed by atoms with van der Waals surface area (Å²) in [6, 6.07) is 2.39. The molecule has 0 aliphatic heterocycles. The van der Waals surface area contributed by atoms with Crippen LogP contribution in [0, 0.1) is 6.92 Å². The standard InChI is InChI=1S/C12H19N/c1-3-8-13-10(2)9-11-6-4-5-7-12(11)13/h9H,3-8H2,1-2H3. The predicted molar refractivity (Wildman–Crippen MR) is 56.1 cm³/mol. The highest BCUT2D eigenvalue weighted by Gasteiger charge is 2.15. The molecule has 1 aromatic heterocycles. The zero-order valence-electron chi connectivity index (χ0n) is 8.77. The number of fused-ring (bicyclic) bond motifs is 1. The topological polar surface area (TPSA) is 4.93 Å². The summed E-state index contributed by atoms with van der Waals surface area (Å²) in [5.41, 5.74) is 4.72. The molecule has 0 radical (unpaired) electrons. The summed E-state index contributed by atoms with van der Waals surface area (Å²) in [5, 5.41) is 0. The minimum Gasteiger partial charge on any atom is -0.349 e. The average Bonchev–Trinajstić information content (AvgIpc) is 2.44. The lowest BCUT2D eigenvalue weighted by Gasteiger charge is -2.15. The van der Waals surface area contributed by atoms with Crippen molar-refractivity contribution in [1.82, 2.24) is 4.57 Å². The number of rotatable bonds is 2. The molecular formula is C12H19N. The van der Waals surface area contributed by atoms with Gasteiger partial charge in [-0.25, -0.2) is 0 Å². The first-order chi connectivity index (χ1) is 6.33. The monoisotopic (exact) mass is 177 g/mol. The first-order valence-corrected chi connectivity index (χ1v) is 5.51. The summed E-state index contributed by atoms with van der Waals surface area (Å²) < 4.78 is 2.52. The van der Waals surface area contributed by atoms with Crippen LogP contribution in [0.25, 0.3) is 0 Å². The predicted octanol–water partition coefficient (Wildman–Crippen LogP) is 3.09. The van der Waals surface area contributed by atoms with Crippen LogP contribution in [0.2, 0.25) is 0 Å². The van der Waals surface area contributed by atoms with E-state index in [4.69, 9.17) is 0 Å². The van der Waals surface area contributed by atoms with Gasteiger partial charge in [0.05, 0.1) is 0 Å². The second-order valence-corrected chi connectivity index (χ2v) is 4.12. The molecule has 1 aliphatic rings. The minimum atomic E-state index is 1.21. The van der Waals surface area contributed by atoms with Crippen LogP contribution in [0.3, 0.4) is 0 Å². The van der Waals surface area contributed by atoms with Gasteiger partial charge < -0.3 is 4.57 Å². The number of hydrogen-bond acceptors (Lipinski definition) is 0. The summed E-state index contributed by atoms with van der Waals surface area (Å²) in [5.74, 6) is 0. The van der Waals surface area contributed by atoms with Gasteiger partial charge in [0.2, 0.25) is 0 Å². The second kappa shape index (κ2) is 3.57. The van der Waals surface area contributed by atoms with Crippen molar-refractivity contribution in [3.8, 4) is 0 Å². The highest BCUT2D eigenvalue weighted by atomic mass is 15.0. The van der Waals surface area contributed by atoms with Crippen LogP contribution in [0.5, 0.6) is 0 Å². The second-order valence-electron chi connectivity index (χ2n) is 4.12. The Morgan fingerprint density at radius 3 is 2.85 bits per heavy atom. The Labute approximate surface area is 80.8 Å². The van der Waals surface area contributed by atoms with E-state index in [0.29, 0.717) is 0 Å². The maximum absolute atomic E-state index is 2.52. The molecule has 1 heterocycles. The van der Waals surface area contributed by atoms with Crippen molar-refractivity contribution in [3.05, 3.63) is 23.0 Å². The first kappa shape index (κ1) is 8.86. The molecule has 0 amide bonds. The molecule has 13 heavy (non-hydrogen) atoms. The van der Waals surface area contributed by atoms with Gasteiger partial charge in [-0.3, -0.25) is 0 Å². The normalized spacial score (nSPS) is 15.8. The minimum absolute atomic E-state index is 1.21. The molecule has 0 saturated heterocycles. The van der Waals surface area contributed by atoms with Crippen molar-refractivity contribution >= 4 is 0 Å². The van der Waals surface area contributed by atoms with E-state index in [2.05, 4.69) is 24.5 Å². The van der Waals surface area contributed by atoms with Gasteiger partial charge >= 0.3 is 0 Å². The van der Waals surface area contributed by atoms with Crippen molar-refractivity contribution in [2.75, 3.05) is 0 Å². The van der Waals surface area contributed by atoms with Crippen LogP contribution >= 0.6 is 0 Å². The van der Waals surface area contributed by atoms with Crippen molar-refractivity contribution < 1.29 is 0 Å². The largest absolute Gasteiger partial charge is 0.349 e. The fraction of sp³-hybridized carbons (Fsp3) is 0.667. The molecule has 2 rings (SSSR count). The van der Waals surface area contributed by atoms with E-state index in [1.54, 1.807) is 11.3 Å². The molecule has 0 unspecified atom stereocenters. The van der Waals surface area contributed by atoms with Gasteiger partial charge in [0.25, 0.3) is 0 Å². The van der Waals surface area contributed by atoms with Gasteiger partial charge in [0.1, 0.15) is 0 Å². The van der Waals surface area contributed by atoms with Crippen molar-refractivity contribution in [1.29, 1.82) is 0 Å². The number of aryl methyl sites for hydroxylation is 2. The number of aromatic nitrogens is 1. The Bertz CT molecular complexity index is 296. The van der Waals surface area contributed by atoms with Crippen LogP contribution in [-0.2, 0) is 19.4 Å². The van der Waals surface area contributed by atoms with Gasteiger partial charge in [0, 0.05) is 17.9 Å². The molecule has 0 saturated carbocycles. The van der Waals surface area contributed by atoms with E-state index >= 15 is 0 Å². The molecular weight excluding hydrogens is 158 g/mol. The van der Waals surface area contributed by atoms with E-state index in [9.17, 15) is 0 Å². The first-order valence-electron chi connectivity index (χ1n) is 5.51. The molecule has 0 fully saturated rings. The van der Waals surface area contributed by atoms with Gasteiger partial charge in [0.15, 0.2) is 0 Å². The van der Waals surface area contributed by atoms with Gasteiger partial charge in [-0.2, -0.15) is 0 Å². The Morgan fingerprint density at radius 2 is 2.08 bits per heavy atom. The summed E-state index contributed by atoms with van der Waals surface area (Å²) in [6.45, 7) is 5.71. The molecule has 1 aliphatic carbocycles. The van der Waals surface area contributed by atoms with E-state index in [1.807, 2.05) is 0 Å². The summed E-state index contributed by atoms with van der Waals surface area (Å²) in [4.78, 5) is 0. The van der Waals surface area contributed by atoms with E-state index in [1.165, 1.54) is 44.3 Å². The smallest absolute Gasteiger partial charge is 0.0222 e. The Balaban J connectivity index is 2.36. The molecule has 0 spiro atoms. The maximum Gasteiger partial charge on any atom is 0.0222 e. The molecule has 1 aromatic rings. The van der Waals surface area contributed by atoms with Crippen LogP contribution < -0.4 is 0 Å². The van der Waals surface area contributed by atoms with E-state index < -0.39 is 0 Å². The molecule has 72 valence electrons. The van der Waals surface area contributed by atoms with Gasteiger partial charge in [-0.15, -0.1) is 0 Å². The van der Waals surface area contributed by atoms with Gasteiger partial charge in [-0.05, 0) is 50.7 Å². The zero-order chi connectivity index (χ0) is 9.26. The molecule has 0 bridgehead atoms. The van der Waals surface area contributed by atoms with Gasteiger partial charge in [-0.1, -0.05) is 6.92 Å². The fourth-order valence-electron chi connectivity index (χ4n) is 2.45. The quantitative estimate of drug-likeness (QED) is 0.654. The summed E-state index contributed by atoms with van der Waals surface area (Å²) in [6.07, 6.45) is 6.65. The van der Waals surface area contributed by atoms with Crippen molar-refractivity contribution in [3.63, 3.8) is 0 Å². The fourth-order valence-corrected chi connectivity index (χ4v) is 2.45. The summed E-state index contributed by atoms with van der Waals surface area (Å²) in [7, 11) is 0. The lowest BCUT2D eigenvalue weighted by Crippen LogP contribution is -2.09. The third-order valence-electron chi connectivity index (χ3n) is 3.06. The molecule has 0 atom stereocenters. The number of hydrogen-bond donors (Lipinski definition) is 0.